The number of carbonyl (C=O) groups is 3. The van der Waals surface area contributed by atoms with E-state index in [-0.39, 0.29) is 19.8 Å². The molecule has 1 rings (SSSR count). The lowest BCUT2D eigenvalue weighted by Crippen LogP contribution is -2.15. The fourth-order valence-electron chi connectivity index (χ4n) is 1.64. The lowest BCUT2D eigenvalue weighted by Gasteiger charge is -2.14. The Bertz CT molecular complexity index is 549. The van der Waals surface area contributed by atoms with Crippen molar-refractivity contribution in [2.24, 2.45) is 0 Å². The van der Waals surface area contributed by atoms with Crippen LogP contribution in [-0.2, 0) is 38.8 Å². The first-order valence-electron chi connectivity index (χ1n) is 6.04. The van der Waals surface area contributed by atoms with Gasteiger partial charge in [-0.25, -0.2) is 9.59 Å². The van der Waals surface area contributed by atoms with Crippen molar-refractivity contribution < 1.29 is 33.7 Å². The first-order chi connectivity index (χ1) is 10.3. The lowest BCUT2D eigenvalue weighted by molar-refractivity contribution is -0.142. The molecule has 0 heterocycles. The Morgan fingerprint density at radius 2 is 1.64 bits per heavy atom. The molecule has 0 aliphatic carbocycles. The van der Waals surface area contributed by atoms with Crippen LogP contribution in [0.15, 0.2) is 12.1 Å². The maximum absolute atomic E-state index is 10.9. The van der Waals surface area contributed by atoms with Gasteiger partial charge in [0.1, 0.15) is 19.8 Å². The minimum Gasteiger partial charge on any atom is -0.461 e. The van der Waals surface area contributed by atoms with Crippen LogP contribution in [0.5, 0.6) is 0 Å². The van der Waals surface area contributed by atoms with Crippen LogP contribution >= 0.6 is 21.9 Å². The second kappa shape index (κ2) is 8.60. The quantitative estimate of drug-likeness (QED) is 0.352. The van der Waals surface area contributed by atoms with Gasteiger partial charge in [-0.3, -0.25) is 4.79 Å². The van der Waals surface area contributed by atoms with E-state index >= 15 is 0 Å². The fourth-order valence-corrected chi connectivity index (χ4v) is 2.03. The van der Waals surface area contributed by atoms with Crippen molar-refractivity contribution in [1.29, 1.82) is 0 Å². The minimum absolute atomic E-state index is 0.0160. The summed E-state index contributed by atoms with van der Waals surface area (Å²) in [6, 6.07) is 3.34. The Morgan fingerprint density at radius 3 is 2.09 bits per heavy atom. The topological polar surface area (TPSA) is 99.1 Å². The Morgan fingerprint density at radius 1 is 1.09 bits per heavy atom. The third-order valence-electron chi connectivity index (χ3n) is 2.56. The summed E-state index contributed by atoms with van der Waals surface area (Å²) in [5.74, 6) is -0.443. The second-order valence-electron chi connectivity index (χ2n) is 4.22. The molecule has 22 heavy (non-hydrogen) atoms. The molecule has 9 heteroatoms. The summed E-state index contributed by atoms with van der Waals surface area (Å²) in [4.78, 5) is 32.2. The van der Waals surface area contributed by atoms with Gasteiger partial charge in [-0.15, -0.1) is 9.24 Å². The normalized spacial score (nSPS) is 9.95. The van der Waals surface area contributed by atoms with E-state index in [1.54, 1.807) is 12.1 Å². The highest BCUT2D eigenvalue weighted by molar-refractivity contribution is 7.96. The highest BCUT2D eigenvalue weighted by Crippen LogP contribution is 2.15. The van der Waals surface area contributed by atoms with Crippen LogP contribution in [0, 0.1) is 0 Å². The number of ether oxygens (including phenoxy) is 3. The van der Waals surface area contributed by atoms with Gasteiger partial charge in [-0.05, 0) is 34.1 Å². The van der Waals surface area contributed by atoms with Crippen molar-refractivity contribution >= 4 is 44.6 Å². The molecule has 0 spiro atoms. The van der Waals surface area contributed by atoms with E-state index in [4.69, 9.17) is 14.6 Å². The van der Waals surface area contributed by atoms with Gasteiger partial charge in [-0.2, -0.15) is 0 Å². The number of hydrogen-bond acceptors (Lipinski definition) is 6. The van der Waals surface area contributed by atoms with Gasteiger partial charge in [-0.1, -0.05) is 12.6 Å². The maximum Gasteiger partial charge on any atom is 0.506 e. The van der Waals surface area contributed by atoms with Gasteiger partial charge in [0.2, 0.25) is 0 Å². The molecule has 1 atom stereocenters. The average molecular weight is 346 g/mol. The van der Waals surface area contributed by atoms with Gasteiger partial charge in [0.05, 0.1) is 0 Å². The van der Waals surface area contributed by atoms with Crippen LogP contribution in [0.1, 0.15) is 23.6 Å². The third-order valence-corrected chi connectivity index (χ3v) is 3.43. The molecule has 1 N–H and O–H groups in total. The molecule has 0 aliphatic heterocycles. The number of carboxylic acid groups (broad SMARTS) is 1. The second-order valence-corrected chi connectivity index (χ2v) is 5.16. The van der Waals surface area contributed by atoms with Crippen molar-refractivity contribution in [3.63, 3.8) is 0 Å². The van der Waals surface area contributed by atoms with E-state index in [1.807, 2.05) is 0 Å². The predicted octanol–water partition coefficient (Wildman–Crippen LogP) is 2.01. The molecule has 0 fully saturated rings. The van der Waals surface area contributed by atoms with Gasteiger partial charge in [0, 0.05) is 6.92 Å². The van der Waals surface area contributed by atoms with Crippen LogP contribution in [0.4, 0.5) is 9.59 Å². The molecule has 0 radical (unpaired) electrons. The molecule has 0 saturated heterocycles. The van der Waals surface area contributed by atoms with Crippen molar-refractivity contribution in [2.45, 2.75) is 26.7 Å². The Labute approximate surface area is 134 Å². The number of esters is 1. The van der Waals surface area contributed by atoms with Crippen molar-refractivity contribution in [2.75, 3.05) is 0 Å². The van der Waals surface area contributed by atoms with Gasteiger partial charge in [0.15, 0.2) is 0 Å². The first kappa shape index (κ1) is 18.3. The Kier molecular flexibility index (Phi) is 7.14. The van der Waals surface area contributed by atoms with E-state index in [2.05, 4.69) is 26.6 Å². The van der Waals surface area contributed by atoms with Gasteiger partial charge >= 0.3 is 17.4 Å². The van der Waals surface area contributed by atoms with E-state index in [9.17, 15) is 14.4 Å². The zero-order valence-corrected chi connectivity index (χ0v) is 13.7. The van der Waals surface area contributed by atoms with E-state index in [1.165, 1.54) is 6.92 Å². The van der Waals surface area contributed by atoms with Crippen molar-refractivity contribution in [1.82, 2.24) is 0 Å². The van der Waals surface area contributed by atoms with E-state index in [0.717, 1.165) is 0 Å². The highest BCUT2D eigenvalue weighted by Gasteiger charge is 2.12. The average Bonchev–Trinajstić information content (AvgIpc) is 2.42. The molecular weight excluding hydrogens is 331 g/mol. The molecule has 0 aromatic heterocycles. The third kappa shape index (κ3) is 6.32. The Hall–Kier alpha value is -1.79. The van der Waals surface area contributed by atoms with Gasteiger partial charge in [0.25, 0.3) is 0 Å². The van der Waals surface area contributed by atoms with Crippen LogP contribution in [0.3, 0.4) is 0 Å². The molecular formula is C13H15O7PS. The molecule has 0 amide bonds. The van der Waals surface area contributed by atoms with E-state index in [0.29, 0.717) is 22.0 Å². The van der Waals surface area contributed by atoms with Crippen LogP contribution in [0.25, 0.3) is 0 Å². The highest BCUT2D eigenvalue weighted by atomic mass is 32.1. The molecule has 1 unspecified atom stereocenters. The number of thiol groups is 1. The van der Waals surface area contributed by atoms with Crippen molar-refractivity contribution in [3.05, 3.63) is 28.8 Å². The summed E-state index contributed by atoms with van der Waals surface area (Å²) in [7, 11) is 2.44. The summed E-state index contributed by atoms with van der Waals surface area (Å²) in [5.41, 5.74) is 1.79. The van der Waals surface area contributed by atoms with E-state index < -0.39 is 17.4 Å². The summed E-state index contributed by atoms with van der Waals surface area (Å²) in [5, 5.41) is 8.48. The predicted molar refractivity (Wildman–Crippen MR) is 83.2 cm³/mol. The molecule has 1 aromatic carbocycles. The number of benzene rings is 1. The largest absolute Gasteiger partial charge is 0.506 e. The minimum atomic E-state index is -1.40. The number of hydrogen-bond donors (Lipinski definition) is 2. The first-order valence-corrected chi connectivity index (χ1v) is 7.07. The van der Waals surface area contributed by atoms with Crippen molar-refractivity contribution in [3.8, 4) is 0 Å². The summed E-state index contributed by atoms with van der Waals surface area (Å²) in [6.45, 7) is 1.07. The Balaban J connectivity index is 3.03. The molecule has 1 aromatic rings. The standard InChI is InChI=1S/C13H15O7PS/c1-7(14)18-4-8-2-9(5-19-12(15)16)11(21)10(3-8)6-20-13(17)22/h2-3H,4-6,21H2,1H3,(H,15,16)(H,17,22). The summed E-state index contributed by atoms with van der Waals surface area (Å²) in [6.07, 6.45) is -1.40. The monoisotopic (exact) mass is 346 g/mol. The summed E-state index contributed by atoms with van der Waals surface area (Å²) < 4.78 is 14.3. The zero-order valence-electron chi connectivity index (χ0n) is 11.7. The SMILES string of the molecule is CC(=O)OCc1cc(COC(=O)O)c(P)c(COC(=O)S)c1. The maximum atomic E-state index is 10.9. The van der Waals surface area contributed by atoms with Crippen LogP contribution < -0.4 is 5.30 Å². The smallest absolute Gasteiger partial charge is 0.461 e. The number of rotatable bonds is 6. The lowest BCUT2D eigenvalue weighted by atomic mass is 10.1. The molecule has 120 valence electrons. The summed E-state index contributed by atoms with van der Waals surface area (Å²) >= 11 is 3.51. The molecule has 0 bridgehead atoms. The molecule has 0 aliphatic rings. The zero-order chi connectivity index (χ0) is 16.7. The number of carbonyl (C=O) groups excluding carboxylic acids is 2. The van der Waals surface area contributed by atoms with Gasteiger partial charge < -0.3 is 19.3 Å². The fraction of sp³-hybridized carbons (Fsp3) is 0.308. The molecule has 7 nitrogen and oxygen atoms in total. The van der Waals surface area contributed by atoms with Crippen LogP contribution in [-0.4, -0.2) is 22.5 Å². The molecule has 0 saturated carbocycles. The van der Waals surface area contributed by atoms with Crippen LogP contribution in [0.2, 0.25) is 0 Å².